The van der Waals surface area contributed by atoms with E-state index in [-0.39, 0.29) is 29.2 Å². The summed E-state index contributed by atoms with van der Waals surface area (Å²) in [6.45, 7) is 4.45. The number of ether oxygens (including phenoxy) is 1. The van der Waals surface area contributed by atoms with Crippen LogP contribution in [0.4, 0.5) is 0 Å². The maximum Gasteiger partial charge on any atom is 0.261 e. The molecule has 1 N–H and O–H groups in total. The summed E-state index contributed by atoms with van der Waals surface area (Å²) in [6.07, 6.45) is 4.70. The maximum atomic E-state index is 12.9. The summed E-state index contributed by atoms with van der Waals surface area (Å²) in [4.78, 5) is 33.8. The monoisotopic (exact) mass is 341 g/mol. The van der Waals surface area contributed by atoms with Gasteiger partial charge in [-0.3, -0.25) is 14.6 Å². The minimum Gasteiger partial charge on any atom is -0.371 e. The summed E-state index contributed by atoms with van der Waals surface area (Å²) in [6, 6.07) is 5.36. The summed E-state index contributed by atoms with van der Waals surface area (Å²) in [7, 11) is 1.73. The Morgan fingerprint density at radius 1 is 1.48 bits per heavy atom. The van der Waals surface area contributed by atoms with E-state index in [1.54, 1.807) is 30.4 Å². The van der Waals surface area contributed by atoms with Crippen LogP contribution < -0.4 is 5.56 Å². The topological polar surface area (TPSA) is 75.3 Å². The third-order valence-electron chi connectivity index (χ3n) is 4.82. The van der Waals surface area contributed by atoms with Gasteiger partial charge >= 0.3 is 0 Å². The molecule has 1 amide bonds. The van der Waals surface area contributed by atoms with Gasteiger partial charge in [0.05, 0.1) is 6.04 Å². The average Bonchev–Trinajstić information content (AvgIpc) is 3.12. The first-order valence-electron chi connectivity index (χ1n) is 8.54. The fourth-order valence-corrected chi connectivity index (χ4v) is 3.38. The van der Waals surface area contributed by atoms with Crippen LogP contribution in [0.1, 0.15) is 46.6 Å². The van der Waals surface area contributed by atoms with Crippen molar-refractivity contribution in [3.05, 3.63) is 63.3 Å². The lowest BCUT2D eigenvalue weighted by atomic mass is 10.0. The standard InChI is InChI=1S/C19H23N3O3/c1-4-15-12(2)10-14(18(23)21-15)19(24)22(3)16-7-9-25-17(16)13-6-5-8-20-11-13/h5-6,8,10-11,16-17H,4,7,9H2,1-3H3,(H,21,23)/t16-,17+/m0/s1. The summed E-state index contributed by atoms with van der Waals surface area (Å²) in [5.74, 6) is -0.281. The fraction of sp³-hybridized carbons (Fsp3) is 0.421. The molecular formula is C19H23N3O3. The van der Waals surface area contributed by atoms with Crippen molar-refractivity contribution in [3.8, 4) is 0 Å². The Kier molecular flexibility index (Phi) is 4.99. The van der Waals surface area contributed by atoms with Crippen molar-refractivity contribution in [2.75, 3.05) is 13.7 Å². The zero-order valence-electron chi connectivity index (χ0n) is 14.8. The molecule has 1 aliphatic rings. The van der Waals surface area contributed by atoms with Crippen molar-refractivity contribution in [1.29, 1.82) is 0 Å². The highest BCUT2D eigenvalue weighted by molar-refractivity contribution is 5.94. The molecule has 0 bridgehead atoms. The normalized spacial score (nSPS) is 19.8. The number of hydrogen-bond acceptors (Lipinski definition) is 4. The molecule has 0 aromatic carbocycles. The number of amides is 1. The second-order valence-corrected chi connectivity index (χ2v) is 6.38. The highest BCUT2D eigenvalue weighted by atomic mass is 16.5. The average molecular weight is 341 g/mol. The summed E-state index contributed by atoms with van der Waals surface area (Å²) >= 11 is 0. The van der Waals surface area contributed by atoms with Crippen LogP contribution in [-0.2, 0) is 11.2 Å². The molecule has 1 saturated heterocycles. The van der Waals surface area contributed by atoms with Crippen molar-refractivity contribution in [2.24, 2.45) is 0 Å². The molecule has 1 aliphatic heterocycles. The predicted molar refractivity (Wildman–Crippen MR) is 94.6 cm³/mol. The van der Waals surface area contributed by atoms with Crippen LogP contribution in [0.5, 0.6) is 0 Å². The van der Waals surface area contributed by atoms with Crippen molar-refractivity contribution >= 4 is 5.91 Å². The Morgan fingerprint density at radius 3 is 2.96 bits per heavy atom. The minimum absolute atomic E-state index is 0.123. The molecule has 0 aliphatic carbocycles. The van der Waals surface area contributed by atoms with Gasteiger partial charge < -0.3 is 14.6 Å². The number of likely N-dealkylation sites (N-methyl/N-ethyl adjacent to an activating group) is 1. The van der Waals surface area contributed by atoms with E-state index in [1.165, 1.54) is 0 Å². The molecule has 2 aromatic heterocycles. The Morgan fingerprint density at radius 2 is 2.28 bits per heavy atom. The number of pyridine rings is 2. The van der Waals surface area contributed by atoms with E-state index in [0.29, 0.717) is 6.61 Å². The number of carbonyl (C=O) groups is 1. The molecule has 2 atom stereocenters. The smallest absolute Gasteiger partial charge is 0.261 e. The number of carbonyl (C=O) groups excluding carboxylic acids is 1. The zero-order valence-corrected chi connectivity index (χ0v) is 14.8. The lowest BCUT2D eigenvalue weighted by Crippen LogP contribution is -2.41. The summed E-state index contributed by atoms with van der Waals surface area (Å²) < 4.78 is 5.83. The third kappa shape index (κ3) is 3.35. The minimum atomic E-state index is -0.337. The van der Waals surface area contributed by atoms with Gasteiger partial charge in [0.15, 0.2) is 0 Å². The lowest BCUT2D eigenvalue weighted by Gasteiger charge is -2.28. The Balaban J connectivity index is 1.87. The van der Waals surface area contributed by atoms with Crippen molar-refractivity contribution in [2.45, 2.75) is 38.8 Å². The number of aromatic amines is 1. The first-order chi connectivity index (χ1) is 12.0. The second kappa shape index (κ2) is 7.19. The van der Waals surface area contributed by atoms with E-state index in [2.05, 4.69) is 9.97 Å². The lowest BCUT2D eigenvalue weighted by molar-refractivity contribution is 0.0513. The first kappa shape index (κ1) is 17.4. The predicted octanol–water partition coefficient (Wildman–Crippen LogP) is 2.24. The fourth-order valence-electron chi connectivity index (χ4n) is 3.38. The Labute approximate surface area is 146 Å². The van der Waals surface area contributed by atoms with Crippen LogP contribution in [0.25, 0.3) is 0 Å². The number of nitrogens with one attached hydrogen (secondary N) is 1. The van der Waals surface area contributed by atoms with Gasteiger partial charge in [-0.05, 0) is 37.5 Å². The van der Waals surface area contributed by atoms with Gasteiger partial charge in [0.1, 0.15) is 11.7 Å². The molecule has 0 spiro atoms. The molecule has 1 fully saturated rings. The summed E-state index contributed by atoms with van der Waals surface area (Å²) in [5, 5.41) is 0. The van der Waals surface area contributed by atoms with Gasteiger partial charge in [-0.25, -0.2) is 0 Å². The highest BCUT2D eigenvalue weighted by Crippen LogP contribution is 2.32. The number of aryl methyl sites for hydroxylation is 2. The van der Waals surface area contributed by atoms with Crippen LogP contribution in [0.15, 0.2) is 35.4 Å². The number of nitrogens with zero attached hydrogens (tertiary/aromatic N) is 2. The van der Waals surface area contributed by atoms with E-state index in [4.69, 9.17) is 4.74 Å². The van der Waals surface area contributed by atoms with Gasteiger partial charge in [-0.2, -0.15) is 0 Å². The number of rotatable bonds is 4. The molecule has 2 aromatic rings. The first-order valence-corrected chi connectivity index (χ1v) is 8.54. The van der Waals surface area contributed by atoms with Gasteiger partial charge in [-0.15, -0.1) is 0 Å². The molecular weight excluding hydrogens is 318 g/mol. The summed E-state index contributed by atoms with van der Waals surface area (Å²) in [5.41, 5.74) is 2.56. The van der Waals surface area contributed by atoms with Crippen molar-refractivity contribution in [1.82, 2.24) is 14.9 Å². The van der Waals surface area contributed by atoms with Crippen LogP contribution in [0.3, 0.4) is 0 Å². The van der Waals surface area contributed by atoms with E-state index in [9.17, 15) is 9.59 Å². The number of hydrogen-bond donors (Lipinski definition) is 1. The molecule has 3 rings (SSSR count). The number of H-pyrrole nitrogens is 1. The van der Waals surface area contributed by atoms with Crippen molar-refractivity contribution in [3.63, 3.8) is 0 Å². The van der Waals surface area contributed by atoms with Gasteiger partial charge in [0.2, 0.25) is 0 Å². The Bertz CT molecular complexity index is 816. The highest BCUT2D eigenvalue weighted by Gasteiger charge is 2.35. The van der Waals surface area contributed by atoms with Crippen LogP contribution in [-0.4, -0.2) is 40.5 Å². The van der Waals surface area contributed by atoms with E-state index in [1.807, 2.05) is 26.0 Å². The van der Waals surface area contributed by atoms with Gasteiger partial charge in [-0.1, -0.05) is 13.0 Å². The molecule has 6 heteroatoms. The van der Waals surface area contributed by atoms with E-state index in [0.717, 1.165) is 29.7 Å². The van der Waals surface area contributed by atoms with Crippen LogP contribution in [0, 0.1) is 6.92 Å². The molecule has 0 radical (unpaired) electrons. The quantitative estimate of drug-likeness (QED) is 0.925. The molecule has 3 heterocycles. The number of aromatic nitrogens is 2. The van der Waals surface area contributed by atoms with Gasteiger partial charge in [0, 0.05) is 37.3 Å². The van der Waals surface area contributed by atoms with E-state index < -0.39 is 0 Å². The molecule has 25 heavy (non-hydrogen) atoms. The zero-order chi connectivity index (χ0) is 18.0. The molecule has 0 saturated carbocycles. The largest absolute Gasteiger partial charge is 0.371 e. The molecule has 132 valence electrons. The Hall–Kier alpha value is -2.47. The van der Waals surface area contributed by atoms with E-state index >= 15 is 0 Å². The van der Waals surface area contributed by atoms with Crippen molar-refractivity contribution < 1.29 is 9.53 Å². The molecule has 6 nitrogen and oxygen atoms in total. The second-order valence-electron chi connectivity index (χ2n) is 6.38. The van der Waals surface area contributed by atoms with Crippen LogP contribution >= 0.6 is 0 Å². The SMILES string of the molecule is CCc1[nH]c(=O)c(C(=O)N(C)[C@H]2CCO[C@@H]2c2cccnc2)cc1C. The molecule has 0 unspecified atom stereocenters. The third-order valence-corrected chi connectivity index (χ3v) is 4.82. The maximum absolute atomic E-state index is 12.9. The van der Waals surface area contributed by atoms with Crippen LogP contribution in [0.2, 0.25) is 0 Å². The van der Waals surface area contributed by atoms with Gasteiger partial charge in [0.25, 0.3) is 11.5 Å².